The van der Waals surface area contributed by atoms with E-state index in [-0.39, 0.29) is 17.2 Å². The van der Waals surface area contributed by atoms with Gasteiger partial charge in [0, 0.05) is 16.6 Å². The Morgan fingerprint density at radius 2 is 1.97 bits per heavy atom. The number of nitrogens with two attached hydrogens (primary N) is 1. The molecular formula is C24H20N6O3. The van der Waals surface area contributed by atoms with Crippen molar-refractivity contribution < 1.29 is 9.21 Å². The molecule has 0 unspecified atom stereocenters. The van der Waals surface area contributed by atoms with E-state index in [1.165, 1.54) is 6.08 Å². The summed E-state index contributed by atoms with van der Waals surface area (Å²) in [5.74, 6) is 0.366. The van der Waals surface area contributed by atoms with Crippen LogP contribution in [0.5, 0.6) is 0 Å². The second-order valence-electron chi connectivity index (χ2n) is 7.72. The Bertz CT molecular complexity index is 1620. The minimum Gasteiger partial charge on any atom is -0.454 e. The number of hydrogen-bond acceptors (Lipinski definition) is 6. The Morgan fingerprint density at radius 3 is 2.70 bits per heavy atom. The fourth-order valence-electron chi connectivity index (χ4n) is 3.88. The first-order chi connectivity index (χ1) is 15.9. The zero-order valence-corrected chi connectivity index (χ0v) is 18.0. The third-order valence-electron chi connectivity index (χ3n) is 5.51. The number of H-pyrrole nitrogens is 1. The topological polar surface area (TPSA) is 132 Å². The molecule has 3 aromatic heterocycles. The highest BCUT2D eigenvalue weighted by Crippen LogP contribution is 2.39. The monoisotopic (exact) mass is 440 g/mol. The Labute approximate surface area is 187 Å². The van der Waals surface area contributed by atoms with Gasteiger partial charge in [0.05, 0.1) is 11.1 Å². The summed E-state index contributed by atoms with van der Waals surface area (Å²) in [7, 11) is 0. The zero-order valence-electron chi connectivity index (χ0n) is 18.0. The third kappa shape index (κ3) is 3.26. The first-order valence-electron chi connectivity index (χ1n) is 10.2. The molecule has 0 radical (unpaired) electrons. The van der Waals surface area contributed by atoms with Crippen LogP contribution >= 0.6 is 0 Å². The Kier molecular flexibility index (Phi) is 4.59. The molecule has 9 heteroatoms. The fourth-order valence-corrected chi connectivity index (χ4v) is 3.88. The van der Waals surface area contributed by atoms with Gasteiger partial charge in [-0.05, 0) is 56.3 Å². The molecule has 0 atom stereocenters. The summed E-state index contributed by atoms with van der Waals surface area (Å²) in [4.78, 5) is 24.1. The lowest BCUT2D eigenvalue weighted by molar-refractivity contribution is -0.111. The van der Waals surface area contributed by atoms with Gasteiger partial charge in [-0.25, -0.2) is 9.78 Å². The van der Waals surface area contributed by atoms with Crippen LogP contribution in [0, 0.1) is 13.8 Å². The van der Waals surface area contributed by atoms with Crippen LogP contribution < -0.4 is 16.6 Å². The Hall–Kier alpha value is -4.66. The average molecular weight is 440 g/mol. The molecule has 5 aromatic rings. The van der Waals surface area contributed by atoms with Crippen LogP contribution in [0.1, 0.15) is 11.1 Å². The van der Waals surface area contributed by atoms with Crippen molar-refractivity contribution in [1.29, 1.82) is 0 Å². The fraction of sp³-hybridized carbons (Fsp3) is 0.0833. The van der Waals surface area contributed by atoms with Gasteiger partial charge in [-0.3, -0.25) is 9.59 Å². The zero-order chi connectivity index (χ0) is 23.3. The second-order valence-corrected chi connectivity index (χ2v) is 7.72. The molecule has 5 rings (SSSR count). The molecule has 3 heterocycles. The molecule has 0 aliphatic carbocycles. The number of aromatic amines is 1. The van der Waals surface area contributed by atoms with Gasteiger partial charge in [-0.15, -0.1) is 0 Å². The van der Waals surface area contributed by atoms with Crippen molar-refractivity contribution >= 4 is 39.3 Å². The maximum Gasteiger partial charge on any atom is 0.292 e. The number of nitrogens with zero attached hydrogens (tertiary/aromatic N) is 3. The number of benzene rings is 2. The van der Waals surface area contributed by atoms with Crippen LogP contribution in [0.15, 0.2) is 64.3 Å². The summed E-state index contributed by atoms with van der Waals surface area (Å²) in [6.07, 6.45) is 1.19. The van der Waals surface area contributed by atoms with E-state index in [0.29, 0.717) is 33.8 Å². The van der Waals surface area contributed by atoms with Gasteiger partial charge in [-0.1, -0.05) is 18.2 Å². The van der Waals surface area contributed by atoms with Gasteiger partial charge < -0.3 is 15.5 Å². The van der Waals surface area contributed by atoms with Crippen molar-refractivity contribution in [2.24, 2.45) is 0 Å². The van der Waals surface area contributed by atoms with E-state index >= 15 is 0 Å². The lowest BCUT2D eigenvalue weighted by Crippen LogP contribution is -2.10. The number of aryl methyl sites for hydroxylation is 2. The van der Waals surface area contributed by atoms with Crippen LogP contribution in [-0.4, -0.2) is 25.9 Å². The average Bonchev–Trinajstić information content (AvgIpc) is 3.36. The van der Waals surface area contributed by atoms with E-state index < -0.39 is 5.56 Å². The van der Waals surface area contributed by atoms with Crippen LogP contribution in [0.4, 0.5) is 11.5 Å². The van der Waals surface area contributed by atoms with E-state index in [0.717, 1.165) is 16.5 Å². The quantitative estimate of drug-likeness (QED) is 0.364. The number of nitrogen functional groups attached to an aromatic ring is 1. The number of nitrogens with one attached hydrogen (secondary N) is 2. The number of furan rings is 1. The molecule has 0 saturated carbocycles. The number of carbonyl (C=O) groups is 1. The van der Waals surface area contributed by atoms with E-state index in [1.54, 1.807) is 28.9 Å². The number of hydrogen-bond donors (Lipinski definition) is 3. The lowest BCUT2D eigenvalue weighted by atomic mass is 10.1. The number of anilines is 2. The molecule has 33 heavy (non-hydrogen) atoms. The van der Waals surface area contributed by atoms with Gasteiger partial charge in [0.1, 0.15) is 11.3 Å². The first kappa shape index (κ1) is 20.3. The molecule has 164 valence electrons. The standard InChI is InChI=1S/C24H20N6O3/c1-4-18(31)26-14-6-8-15(9-7-14)30-21(19-20(29-30)24(32)28-27-23(19)25)22-13(3)16-11-12(2)5-10-17(16)33-22/h4-11H,1H2,2-3H3,(H2,25,27)(H,26,31)(H,28,32). The lowest BCUT2D eigenvalue weighted by Gasteiger charge is -2.09. The largest absolute Gasteiger partial charge is 0.454 e. The van der Waals surface area contributed by atoms with Crippen molar-refractivity contribution in [3.8, 4) is 17.1 Å². The molecule has 0 fully saturated rings. The highest BCUT2D eigenvalue weighted by molar-refractivity contribution is 6.02. The molecule has 4 N–H and O–H groups in total. The van der Waals surface area contributed by atoms with Crippen LogP contribution in [0.3, 0.4) is 0 Å². The molecule has 1 amide bonds. The van der Waals surface area contributed by atoms with Crippen molar-refractivity contribution in [3.05, 3.63) is 76.6 Å². The smallest absolute Gasteiger partial charge is 0.292 e. The summed E-state index contributed by atoms with van der Waals surface area (Å²) >= 11 is 0. The third-order valence-corrected chi connectivity index (χ3v) is 5.51. The van der Waals surface area contributed by atoms with Crippen molar-refractivity contribution in [2.45, 2.75) is 13.8 Å². The normalized spacial score (nSPS) is 11.2. The van der Waals surface area contributed by atoms with Crippen molar-refractivity contribution in [3.63, 3.8) is 0 Å². The molecular weight excluding hydrogens is 420 g/mol. The minimum absolute atomic E-state index is 0.136. The summed E-state index contributed by atoms with van der Waals surface area (Å²) in [6.45, 7) is 7.42. The summed E-state index contributed by atoms with van der Waals surface area (Å²) < 4.78 is 7.84. The highest BCUT2D eigenvalue weighted by Gasteiger charge is 2.25. The van der Waals surface area contributed by atoms with Gasteiger partial charge in [0.15, 0.2) is 17.1 Å². The number of fused-ring (bicyclic) bond motifs is 2. The summed E-state index contributed by atoms with van der Waals surface area (Å²) in [5, 5.41) is 14.9. The molecule has 0 bridgehead atoms. The minimum atomic E-state index is -0.460. The highest BCUT2D eigenvalue weighted by atomic mass is 16.3. The van der Waals surface area contributed by atoms with Crippen molar-refractivity contribution in [2.75, 3.05) is 11.1 Å². The van der Waals surface area contributed by atoms with E-state index in [4.69, 9.17) is 10.2 Å². The number of aromatic nitrogens is 4. The molecule has 0 aliphatic heterocycles. The van der Waals surface area contributed by atoms with Crippen LogP contribution in [0.2, 0.25) is 0 Å². The van der Waals surface area contributed by atoms with Crippen LogP contribution in [0.25, 0.3) is 39.0 Å². The number of carbonyl (C=O) groups excluding carboxylic acids is 1. The number of rotatable bonds is 4. The molecule has 2 aromatic carbocycles. The van der Waals surface area contributed by atoms with Crippen LogP contribution in [-0.2, 0) is 4.79 Å². The second kappa shape index (κ2) is 7.49. The van der Waals surface area contributed by atoms with E-state index in [2.05, 4.69) is 27.2 Å². The molecule has 9 nitrogen and oxygen atoms in total. The maximum absolute atomic E-state index is 12.5. The molecule has 0 spiro atoms. The van der Waals surface area contributed by atoms with Gasteiger partial charge in [0.25, 0.3) is 5.56 Å². The van der Waals surface area contributed by atoms with Gasteiger partial charge in [-0.2, -0.15) is 10.2 Å². The van der Waals surface area contributed by atoms with E-state index in [1.807, 2.05) is 32.0 Å². The molecule has 0 saturated heterocycles. The first-order valence-corrected chi connectivity index (χ1v) is 10.2. The SMILES string of the molecule is C=CC(=O)Nc1ccc(-n2nc3c(=O)[nH]nc(N)c3c2-c2oc3ccc(C)cc3c2C)cc1. The predicted octanol–water partition coefficient (Wildman–Crippen LogP) is 3.85. The van der Waals surface area contributed by atoms with Gasteiger partial charge in [0.2, 0.25) is 5.91 Å². The summed E-state index contributed by atoms with van der Waals surface area (Å²) in [5.41, 5.74) is 10.4. The number of amides is 1. The maximum atomic E-state index is 12.5. The Balaban J connectivity index is 1.79. The summed E-state index contributed by atoms with van der Waals surface area (Å²) in [6, 6.07) is 12.9. The Morgan fingerprint density at radius 1 is 1.21 bits per heavy atom. The molecule has 0 aliphatic rings. The predicted molar refractivity (Wildman–Crippen MR) is 127 cm³/mol. The van der Waals surface area contributed by atoms with Crippen molar-refractivity contribution in [1.82, 2.24) is 20.0 Å². The van der Waals surface area contributed by atoms with Gasteiger partial charge >= 0.3 is 0 Å². The van der Waals surface area contributed by atoms with E-state index in [9.17, 15) is 9.59 Å².